The van der Waals surface area contributed by atoms with Gasteiger partial charge in [-0.25, -0.2) is 4.79 Å². The zero-order valence-corrected chi connectivity index (χ0v) is 15.3. The highest BCUT2D eigenvalue weighted by atomic mass is 16.2. The van der Waals surface area contributed by atoms with Gasteiger partial charge in [0, 0.05) is 19.6 Å². The van der Waals surface area contributed by atoms with Gasteiger partial charge in [-0.3, -0.25) is 4.79 Å². The molecule has 0 unspecified atom stereocenters. The van der Waals surface area contributed by atoms with Gasteiger partial charge in [-0.1, -0.05) is 29.8 Å². The number of hydrogen-bond acceptors (Lipinski definition) is 2. The Labute approximate surface area is 150 Å². The minimum Gasteiger partial charge on any atom is -0.356 e. The molecule has 0 aromatic heterocycles. The van der Waals surface area contributed by atoms with E-state index >= 15 is 0 Å². The zero-order chi connectivity index (χ0) is 17.8. The van der Waals surface area contributed by atoms with Gasteiger partial charge in [-0.2, -0.15) is 0 Å². The molecule has 136 valence electrons. The van der Waals surface area contributed by atoms with Crippen molar-refractivity contribution in [2.24, 2.45) is 11.8 Å². The summed E-state index contributed by atoms with van der Waals surface area (Å²) in [7, 11) is 0. The van der Waals surface area contributed by atoms with Crippen LogP contribution in [0.5, 0.6) is 0 Å². The summed E-state index contributed by atoms with van der Waals surface area (Å²) in [6.07, 6.45) is 4.10. The summed E-state index contributed by atoms with van der Waals surface area (Å²) in [5.41, 5.74) is 2.35. The van der Waals surface area contributed by atoms with Gasteiger partial charge in [0.25, 0.3) is 0 Å². The lowest BCUT2D eigenvalue weighted by Crippen LogP contribution is -2.50. The molecule has 0 radical (unpaired) electrons. The molecule has 2 atom stereocenters. The van der Waals surface area contributed by atoms with E-state index in [1.54, 1.807) is 0 Å². The molecule has 1 saturated heterocycles. The quantitative estimate of drug-likeness (QED) is 0.863. The number of aryl methyl sites for hydroxylation is 1. The van der Waals surface area contributed by atoms with Crippen LogP contribution in [0.4, 0.5) is 4.79 Å². The van der Waals surface area contributed by atoms with Crippen molar-refractivity contribution >= 4 is 11.9 Å². The molecule has 1 heterocycles. The number of urea groups is 1. The Bertz CT molecular complexity index is 627. The average molecular weight is 343 g/mol. The van der Waals surface area contributed by atoms with Crippen LogP contribution >= 0.6 is 0 Å². The SMILES string of the molecule is CCNC(=O)N1C[C@@H](C(=O)NCC2CC2)CC[C@H]1c1cccc(C)c1. The minimum atomic E-state index is -0.109. The number of piperidine rings is 1. The van der Waals surface area contributed by atoms with Crippen molar-refractivity contribution in [3.05, 3.63) is 35.4 Å². The predicted octanol–water partition coefficient (Wildman–Crippen LogP) is 3.00. The molecule has 5 heteroatoms. The lowest BCUT2D eigenvalue weighted by molar-refractivity contribution is -0.126. The molecular weight excluding hydrogens is 314 g/mol. The van der Waals surface area contributed by atoms with Crippen molar-refractivity contribution in [1.29, 1.82) is 0 Å². The number of likely N-dealkylation sites (tertiary alicyclic amines) is 1. The molecule has 0 spiro atoms. The van der Waals surface area contributed by atoms with Gasteiger partial charge in [0.1, 0.15) is 0 Å². The van der Waals surface area contributed by atoms with Crippen molar-refractivity contribution in [2.75, 3.05) is 19.6 Å². The van der Waals surface area contributed by atoms with Gasteiger partial charge in [-0.05, 0) is 51.0 Å². The minimum absolute atomic E-state index is 0.0407. The first kappa shape index (κ1) is 17.8. The van der Waals surface area contributed by atoms with Crippen LogP contribution in [-0.4, -0.2) is 36.5 Å². The van der Waals surface area contributed by atoms with Crippen LogP contribution in [0.1, 0.15) is 49.8 Å². The average Bonchev–Trinajstić information content (AvgIpc) is 3.44. The fraction of sp³-hybridized carbons (Fsp3) is 0.600. The summed E-state index contributed by atoms with van der Waals surface area (Å²) in [4.78, 5) is 26.9. The van der Waals surface area contributed by atoms with Crippen LogP contribution in [0.15, 0.2) is 24.3 Å². The van der Waals surface area contributed by atoms with Crippen molar-refractivity contribution in [2.45, 2.75) is 45.6 Å². The topological polar surface area (TPSA) is 61.4 Å². The standard InChI is InChI=1S/C20H29N3O2/c1-3-21-20(25)23-13-17(19(24)22-12-15-7-8-15)9-10-18(23)16-6-4-5-14(2)11-16/h4-6,11,15,17-18H,3,7-10,12-13H2,1-2H3,(H,21,25)(H,22,24)/t17-,18-/m0/s1. The van der Waals surface area contributed by atoms with Crippen molar-refractivity contribution in [1.82, 2.24) is 15.5 Å². The first-order chi connectivity index (χ1) is 12.1. The number of carbonyl (C=O) groups is 2. The number of hydrogen-bond donors (Lipinski definition) is 2. The van der Waals surface area contributed by atoms with Crippen LogP contribution < -0.4 is 10.6 Å². The highest BCUT2D eigenvalue weighted by Crippen LogP contribution is 2.34. The third-order valence-corrected chi connectivity index (χ3v) is 5.23. The van der Waals surface area contributed by atoms with Crippen molar-refractivity contribution in [3.8, 4) is 0 Å². The molecule has 2 N–H and O–H groups in total. The maximum Gasteiger partial charge on any atom is 0.317 e. The Hall–Kier alpha value is -2.04. The van der Waals surface area contributed by atoms with Gasteiger partial charge < -0.3 is 15.5 Å². The fourth-order valence-electron chi connectivity index (χ4n) is 3.60. The van der Waals surface area contributed by atoms with Gasteiger partial charge in [0.2, 0.25) is 5.91 Å². The van der Waals surface area contributed by atoms with Crippen LogP contribution in [0.2, 0.25) is 0 Å². The zero-order valence-electron chi connectivity index (χ0n) is 15.3. The number of nitrogens with one attached hydrogen (secondary N) is 2. The second kappa shape index (κ2) is 7.89. The smallest absolute Gasteiger partial charge is 0.317 e. The summed E-state index contributed by atoms with van der Waals surface area (Å²) < 4.78 is 0. The molecule has 2 aliphatic rings. The van der Waals surface area contributed by atoms with E-state index < -0.39 is 0 Å². The summed E-state index contributed by atoms with van der Waals surface area (Å²) in [6, 6.07) is 8.29. The molecule has 25 heavy (non-hydrogen) atoms. The molecule has 1 aromatic carbocycles. The summed E-state index contributed by atoms with van der Waals surface area (Å²) in [5.74, 6) is 0.665. The molecule has 1 aliphatic carbocycles. The Morgan fingerprint density at radius 3 is 2.64 bits per heavy atom. The Balaban J connectivity index is 1.71. The van der Waals surface area contributed by atoms with E-state index in [0.29, 0.717) is 19.0 Å². The summed E-state index contributed by atoms with van der Waals surface area (Å²) >= 11 is 0. The number of benzene rings is 1. The summed E-state index contributed by atoms with van der Waals surface area (Å²) in [6.45, 7) is 5.85. The van der Waals surface area contributed by atoms with E-state index in [1.165, 1.54) is 18.4 Å². The fourth-order valence-corrected chi connectivity index (χ4v) is 3.60. The molecule has 2 fully saturated rings. The van der Waals surface area contributed by atoms with Gasteiger partial charge >= 0.3 is 6.03 Å². The summed E-state index contributed by atoms with van der Waals surface area (Å²) in [5, 5.41) is 5.98. The molecule has 5 nitrogen and oxygen atoms in total. The Kier molecular flexibility index (Phi) is 5.61. The van der Waals surface area contributed by atoms with Gasteiger partial charge in [-0.15, -0.1) is 0 Å². The molecular formula is C20H29N3O2. The Morgan fingerprint density at radius 2 is 1.96 bits per heavy atom. The van der Waals surface area contributed by atoms with Crippen molar-refractivity contribution < 1.29 is 9.59 Å². The highest BCUT2D eigenvalue weighted by molar-refractivity contribution is 5.81. The largest absolute Gasteiger partial charge is 0.356 e. The number of nitrogens with zero attached hydrogens (tertiary/aromatic N) is 1. The predicted molar refractivity (Wildman–Crippen MR) is 98.2 cm³/mol. The Morgan fingerprint density at radius 1 is 1.16 bits per heavy atom. The molecule has 3 amide bonds. The van der Waals surface area contributed by atoms with E-state index in [4.69, 9.17) is 0 Å². The number of rotatable bonds is 5. The van der Waals surface area contributed by atoms with E-state index in [1.807, 2.05) is 17.9 Å². The highest BCUT2D eigenvalue weighted by Gasteiger charge is 2.35. The first-order valence-corrected chi connectivity index (χ1v) is 9.47. The lowest BCUT2D eigenvalue weighted by atomic mass is 9.88. The molecule has 1 saturated carbocycles. The van der Waals surface area contributed by atoms with Crippen LogP contribution in [-0.2, 0) is 4.79 Å². The maximum absolute atomic E-state index is 12.6. The maximum atomic E-state index is 12.6. The third kappa shape index (κ3) is 4.53. The monoisotopic (exact) mass is 343 g/mol. The van der Waals surface area contributed by atoms with Gasteiger partial charge in [0.05, 0.1) is 12.0 Å². The second-order valence-electron chi connectivity index (χ2n) is 7.38. The molecule has 0 bridgehead atoms. The number of amides is 3. The van der Waals surface area contributed by atoms with E-state index in [0.717, 1.165) is 24.9 Å². The lowest BCUT2D eigenvalue weighted by Gasteiger charge is -2.39. The van der Waals surface area contributed by atoms with E-state index in [9.17, 15) is 9.59 Å². The van der Waals surface area contributed by atoms with Gasteiger partial charge in [0.15, 0.2) is 0 Å². The molecule has 1 aliphatic heterocycles. The normalized spacial score (nSPS) is 23.2. The second-order valence-corrected chi connectivity index (χ2v) is 7.38. The van der Waals surface area contributed by atoms with E-state index in [2.05, 4.69) is 35.8 Å². The third-order valence-electron chi connectivity index (χ3n) is 5.23. The molecule has 3 rings (SSSR count). The van der Waals surface area contributed by atoms with Crippen LogP contribution in [0.3, 0.4) is 0 Å². The first-order valence-electron chi connectivity index (χ1n) is 9.47. The van der Waals surface area contributed by atoms with E-state index in [-0.39, 0.29) is 23.9 Å². The van der Waals surface area contributed by atoms with Crippen molar-refractivity contribution in [3.63, 3.8) is 0 Å². The molecule has 1 aromatic rings. The van der Waals surface area contributed by atoms with Crippen LogP contribution in [0, 0.1) is 18.8 Å². The number of carbonyl (C=O) groups excluding carboxylic acids is 2. The van der Waals surface area contributed by atoms with Crippen LogP contribution in [0.25, 0.3) is 0 Å².